The van der Waals surface area contributed by atoms with Gasteiger partial charge in [0.05, 0.1) is 5.69 Å². The number of anilines is 1. The average molecular weight is 435 g/mol. The third-order valence-electron chi connectivity index (χ3n) is 5.19. The Bertz CT molecular complexity index is 1180. The minimum Gasteiger partial charge on any atom is -0.457 e. The molecule has 158 valence electrons. The number of ketones is 1. The lowest BCUT2D eigenvalue weighted by Gasteiger charge is -2.20. The Kier molecular flexibility index (Phi) is 5.54. The Morgan fingerprint density at radius 3 is 2.68 bits per heavy atom. The Morgan fingerprint density at radius 2 is 1.90 bits per heavy atom. The molecule has 0 bridgehead atoms. The molecule has 1 N–H and O–H groups in total. The molecule has 0 saturated carbocycles. The zero-order valence-corrected chi connectivity index (χ0v) is 18.4. The first-order valence-corrected chi connectivity index (χ1v) is 10.5. The van der Waals surface area contributed by atoms with Gasteiger partial charge in [-0.2, -0.15) is 0 Å². The number of amides is 1. The molecular weight excluding hydrogens is 412 g/mol. The summed E-state index contributed by atoms with van der Waals surface area (Å²) >= 11 is 6.25. The second-order valence-corrected chi connectivity index (χ2v) is 9.13. The van der Waals surface area contributed by atoms with Crippen molar-refractivity contribution in [2.24, 2.45) is 0 Å². The summed E-state index contributed by atoms with van der Waals surface area (Å²) < 4.78 is 6.02. The Hall–Kier alpha value is -3.18. The third-order valence-corrected chi connectivity index (χ3v) is 5.40. The van der Waals surface area contributed by atoms with E-state index < -0.39 is 0 Å². The van der Waals surface area contributed by atoms with E-state index in [4.69, 9.17) is 16.3 Å². The van der Waals surface area contributed by atoms with Gasteiger partial charge in [0.15, 0.2) is 0 Å². The van der Waals surface area contributed by atoms with Crippen LogP contribution in [0.3, 0.4) is 0 Å². The molecule has 1 heterocycles. The lowest BCUT2D eigenvalue weighted by molar-refractivity contribution is -0.117. The summed E-state index contributed by atoms with van der Waals surface area (Å²) in [6.45, 7) is 6.22. The highest BCUT2D eigenvalue weighted by molar-refractivity contribution is 6.31. The van der Waals surface area contributed by atoms with Crippen molar-refractivity contribution < 1.29 is 14.3 Å². The molecule has 4 rings (SSSR count). The minimum absolute atomic E-state index is 0.125. The first-order chi connectivity index (χ1) is 14.7. The molecule has 0 aliphatic heterocycles. The number of aromatic nitrogens is 1. The van der Waals surface area contributed by atoms with Gasteiger partial charge in [-0.25, -0.2) is 0 Å². The van der Waals surface area contributed by atoms with E-state index in [1.165, 1.54) is 0 Å². The summed E-state index contributed by atoms with van der Waals surface area (Å²) in [6, 6.07) is 14.3. The molecule has 0 atom stereocenters. The molecule has 1 aliphatic rings. The van der Waals surface area contributed by atoms with Gasteiger partial charge in [-0.15, -0.1) is 0 Å². The van der Waals surface area contributed by atoms with E-state index in [0.717, 1.165) is 16.8 Å². The normalized spacial score (nSPS) is 13.1. The number of ether oxygens (including phenoxy) is 1. The second kappa shape index (κ2) is 8.16. The zero-order chi connectivity index (χ0) is 22.2. The van der Waals surface area contributed by atoms with Gasteiger partial charge in [-0.05, 0) is 47.4 Å². The number of fused-ring (bicyclic) bond motifs is 1. The van der Waals surface area contributed by atoms with E-state index in [1.54, 1.807) is 42.6 Å². The quantitative estimate of drug-likeness (QED) is 0.568. The van der Waals surface area contributed by atoms with E-state index in [2.05, 4.69) is 31.1 Å². The second-order valence-electron chi connectivity index (χ2n) is 8.69. The number of hydrogen-bond acceptors (Lipinski definition) is 4. The number of rotatable bonds is 4. The number of pyridine rings is 1. The molecule has 0 spiro atoms. The summed E-state index contributed by atoms with van der Waals surface area (Å²) in [7, 11) is 0. The maximum atomic E-state index is 12.8. The Labute approximate surface area is 186 Å². The van der Waals surface area contributed by atoms with Gasteiger partial charge in [0, 0.05) is 46.9 Å². The predicted molar refractivity (Wildman–Crippen MR) is 121 cm³/mol. The van der Waals surface area contributed by atoms with E-state index >= 15 is 0 Å². The van der Waals surface area contributed by atoms with Crippen LogP contribution in [-0.4, -0.2) is 16.7 Å². The van der Waals surface area contributed by atoms with Crippen molar-refractivity contribution in [2.45, 2.75) is 39.0 Å². The summed E-state index contributed by atoms with van der Waals surface area (Å²) in [5.74, 6) is 1.06. The average Bonchev–Trinajstić information content (AvgIpc) is 3.08. The largest absolute Gasteiger partial charge is 0.457 e. The lowest BCUT2D eigenvalue weighted by Crippen LogP contribution is -2.16. The van der Waals surface area contributed by atoms with Crippen LogP contribution in [0, 0.1) is 0 Å². The van der Waals surface area contributed by atoms with Crippen molar-refractivity contribution in [1.82, 2.24) is 4.98 Å². The van der Waals surface area contributed by atoms with Crippen LogP contribution < -0.4 is 10.1 Å². The summed E-state index contributed by atoms with van der Waals surface area (Å²) in [4.78, 5) is 28.9. The van der Waals surface area contributed by atoms with E-state index in [9.17, 15) is 9.59 Å². The molecule has 31 heavy (non-hydrogen) atoms. The number of Topliss-reactive ketones (excluding diaryl/α,β-unsaturated/α-hetero) is 1. The van der Waals surface area contributed by atoms with Gasteiger partial charge in [0.2, 0.25) is 0 Å². The molecule has 1 aliphatic carbocycles. The van der Waals surface area contributed by atoms with Crippen LogP contribution in [0.15, 0.2) is 54.7 Å². The molecule has 0 unspecified atom stereocenters. The van der Waals surface area contributed by atoms with Crippen molar-refractivity contribution in [3.63, 3.8) is 0 Å². The van der Waals surface area contributed by atoms with Crippen LogP contribution in [0.2, 0.25) is 5.02 Å². The standard InChI is InChI=1S/C25H23ClN2O3/c1-25(2,3)16-9-15(10-17(26)11-16)24(30)28-18-5-4-6-20(12-18)31-23-7-8-27-22-14-19(29)13-21(22)23/h4-12H,13-14H2,1-3H3,(H,28,30). The summed E-state index contributed by atoms with van der Waals surface area (Å²) in [6.07, 6.45) is 2.32. The van der Waals surface area contributed by atoms with Crippen LogP contribution in [0.25, 0.3) is 0 Å². The minimum atomic E-state index is -0.249. The SMILES string of the molecule is CC(C)(C)c1cc(Cl)cc(C(=O)Nc2cccc(Oc3ccnc4c3CC(=O)C4)c2)c1. The number of nitrogens with one attached hydrogen (secondary N) is 1. The number of nitrogens with zero attached hydrogens (tertiary/aromatic N) is 1. The maximum Gasteiger partial charge on any atom is 0.255 e. The van der Waals surface area contributed by atoms with Gasteiger partial charge >= 0.3 is 0 Å². The lowest BCUT2D eigenvalue weighted by atomic mass is 9.86. The monoisotopic (exact) mass is 434 g/mol. The van der Waals surface area contributed by atoms with Crippen LogP contribution in [0.4, 0.5) is 5.69 Å². The van der Waals surface area contributed by atoms with Crippen LogP contribution in [0.5, 0.6) is 11.5 Å². The van der Waals surface area contributed by atoms with Crippen molar-refractivity contribution in [3.05, 3.63) is 82.1 Å². The summed E-state index contributed by atoms with van der Waals surface area (Å²) in [5.41, 5.74) is 3.55. The van der Waals surface area contributed by atoms with E-state index in [-0.39, 0.29) is 17.1 Å². The molecule has 1 amide bonds. The van der Waals surface area contributed by atoms with Crippen LogP contribution in [-0.2, 0) is 23.1 Å². The molecule has 0 saturated heterocycles. The number of carbonyl (C=O) groups excluding carboxylic acids is 2. The number of halogens is 1. The van der Waals surface area contributed by atoms with Gasteiger partial charge in [0.1, 0.15) is 17.3 Å². The van der Waals surface area contributed by atoms with Crippen LogP contribution in [0.1, 0.15) is 48.0 Å². The molecule has 5 nitrogen and oxygen atoms in total. The number of benzene rings is 2. The topological polar surface area (TPSA) is 68.3 Å². The van der Waals surface area contributed by atoms with E-state index in [0.29, 0.717) is 40.6 Å². The first-order valence-electron chi connectivity index (χ1n) is 10.1. The summed E-state index contributed by atoms with van der Waals surface area (Å²) in [5, 5.41) is 3.43. The smallest absolute Gasteiger partial charge is 0.255 e. The van der Waals surface area contributed by atoms with Gasteiger partial charge in [-0.1, -0.05) is 38.4 Å². The molecule has 1 aromatic heterocycles. The number of hydrogen-bond donors (Lipinski definition) is 1. The Balaban J connectivity index is 1.54. The highest BCUT2D eigenvalue weighted by Crippen LogP contribution is 2.32. The zero-order valence-electron chi connectivity index (χ0n) is 17.7. The fraction of sp³-hybridized carbons (Fsp3) is 0.240. The van der Waals surface area contributed by atoms with E-state index in [1.807, 2.05) is 12.1 Å². The molecule has 6 heteroatoms. The van der Waals surface area contributed by atoms with Crippen molar-refractivity contribution in [3.8, 4) is 11.5 Å². The van der Waals surface area contributed by atoms with Crippen molar-refractivity contribution in [2.75, 3.05) is 5.32 Å². The van der Waals surface area contributed by atoms with Crippen molar-refractivity contribution >= 4 is 29.0 Å². The predicted octanol–water partition coefficient (Wildman–Crippen LogP) is 5.74. The fourth-order valence-corrected chi connectivity index (χ4v) is 3.76. The number of carbonyl (C=O) groups is 2. The Morgan fingerprint density at radius 1 is 1.10 bits per heavy atom. The first kappa shape index (κ1) is 21.1. The molecule has 0 radical (unpaired) electrons. The van der Waals surface area contributed by atoms with Gasteiger partial charge in [0.25, 0.3) is 5.91 Å². The molecule has 2 aromatic carbocycles. The highest BCUT2D eigenvalue weighted by atomic mass is 35.5. The van der Waals surface area contributed by atoms with Crippen molar-refractivity contribution in [1.29, 1.82) is 0 Å². The highest BCUT2D eigenvalue weighted by Gasteiger charge is 2.23. The van der Waals surface area contributed by atoms with Crippen LogP contribution >= 0.6 is 11.6 Å². The van der Waals surface area contributed by atoms with Gasteiger partial charge in [-0.3, -0.25) is 14.6 Å². The maximum absolute atomic E-state index is 12.8. The molecule has 0 fully saturated rings. The molecule has 3 aromatic rings. The van der Waals surface area contributed by atoms with Gasteiger partial charge < -0.3 is 10.1 Å². The third kappa shape index (κ3) is 4.78. The fourth-order valence-electron chi connectivity index (χ4n) is 3.52. The molecular formula is C25H23ClN2O3.